The smallest absolute Gasteiger partial charge is 0.333 e. The van der Waals surface area contributed by atoms with E-state index in [1.54, 1.807) is 6.92 Å². The molecule has 0 heterocycles. The maximum absolute atomic E-state index is 11.2. The lowest BCUT2D eigenvalue weighted by Gasteiger charge is -2.20. The molecule has 1 rings (SSSR count). The molecule has 0 atom stereocenters. The third-order valence-corrected chi connectivity index (χ3v) is 2.90. The monoisotopic (exact) mass is 261 g/mol. The highest BCUT2D eigenvalue weighted by Gasteiger charge is 2.05. The highest BCUT2D eigenvalue weighted by molar-refractivity contribution is 5.86. The molecule has 104 valence electrons. The van der Waals surface area contributed by atoms with Gasteiger partial charge in [-0.05, 0) is 25.5 Å². The number of hydrogen-bond donors (Lipinski definition) is 0. The van der Waals surface area contributed by atoms with E-state index >= 15 is 0 Å². The van der Waals surface area contributed by atoms with Crippen LogP contribution in [0.4, 0.5) is 0 Å². The number of carbonyl (C=O) groups is 1. The first-order chi connectivity index (χ1) is 9.13. The molecule has 0 aromatic heterocycles. The molecule has 0 radical (unpaired) electrons. The molecular formula is C16H23NO2. The van der Waals surface area contributed by atoms with Crippen LogP contribution in [0, 0.1) is 0 Å². The molecule has 3 nitrogen and oxygen atoms in total. The number of rotatable bonds is 8. The summed E-state index contributed by atoms with van der Waals surface area (Å²) in [6.45, 7) is 10.7. The molecule has 0 saturated carbocycles. The van der Waals surface area contributed by atoms with Crippen LogP contribution in [0.1, 0.15) is 25.8 Å². The molecule has 0 aliphatic rings. The Kier molecular flexibility index (Phi) is 6.90. The van der Waals surface area contributed by atoms with Crippen LogP contribution in [0.5, 0.6) is 0 Å². The second kappa shape index (κ2) is 8.48. The first-order valence-corrected chi connectivity index (χ1v) is 6.72. The number of hydrogen-bond acceptors (Lipinski definition) is 3. The van der Waals surface area contributed by atoms with Gasteiger partial charge in [0.15, 0.2) is 0 Å². The van der Waals surface area contributed by atoms with Gasteiger partial charge in [0.1, 0.15) is 0 Å². The Morgan fingerprint density at radius 3 is 2.58 bits per heavy atom. The van der Waals surface area contributed by atoms with Crippen LogP contribution < -0.4 is 0 Å². The fraction of sp³-hybridized carbons (Fsp3) is 0.438. The summed E-state index contributed by atoms with van der Waals surface area (Å²) in [6.07, 6.45) is 0.847. The van der Waals surface area contributed by atoms with Crippen LogP contribution in [0.25, 0.3) is 0 Å². The summed E-state index contributed by atoms with van der Waals surface area (Å²) in [4.78, 5) is 13.5. The van der Waals surface area contributed by atoms with Crippen LogP contribution in [-0.2, 0) is 16.1 Å². The van der Waals surface area contributed by atoms with E-state index in [1.165, 1.54) is 5.56 Å². The first-order valence-electron chi connectivity index (χ1n) is 6.72. The van der Waals surface area contributed by atoms with Crippen molar-refractivity contribution in [1.82, 2.24) is 4.90 Å². The van der Waals surface area contributed by atoms with Crippen LogP contribution in [-0.4, -0.2) is 30.6 Å². The Morgan fingerprint density at radius 1 is 1.32 bits per heavy atom. The number of benzene rings is 1. The largest absolute Gasteiger partial charge is 0.462 e. The van der Waals surface area contributed by atoms with E-state index in [-0.39, 0.29) is 5.97 Å². The van der Waals surface area contributed by atoms with Crippen LogP contribution >= 0.6 is 0 Å². The van der Waals surface area contributed by atoms with Crippen LogP contribution in [0.3, 0.4) is 0 Å². The summed E-state index contributed by atoms with van der Waals surface area (Å²) in [5.74, 6) is -0.300. The minimum absolute atomic E-state index is 0.300. The van der Waals surface area contributed by atoms with Crippen LogP contribution in [0.15, 0.2) is 42.5 Å². The molecule has 0 fully saturated rings. The van der Waals surface area contributed by atoms with E-state index in [9.17, 15) is 4.79 Å². The van der Waals surface area contributed by atoms with Gasteiger partial charge in [-0.3, -0.25) is 4.90 Å². The average Bonchev–Trinajstić information content (AvgIpc) is 2.42. The van der Waals surface area contributed by atoms with Gasteiger partial charge in [-0.2, -0.15) is 0 Å². The summed E-state index contributed by atoms with van der Waals surface area (Å²) in [5, 5.41) is 0. The Hall–Kier alpha value is -1.61. The first kappa shape index (κ1) is 15.4. The van der Waals surface area contributed by atoms with Gasteiger partial charge in [0.05, 0.1) is 6.61 Å². The minimum Gasteiger partial charge on any atom is -0.462 e. The summed E-state index contributed by atoms with van der Waals surface area (Å²) in [7, 11) is 0. The fourth-order valence-corrected chi connectivity index (χ4v) is 1.77. The molecule has 3 heteroatoms. The molecule has 1 aromatic rings. The van der Waals surface area contributed by atoms with E-state index in [1.807, 2.05) is 6.07 Å². The fourth-order valence-electron chi connectivity index (χ4n) is 1.77. The van der Waals surface area contributed by atoms with Gasteiger partial charge in [-0.15, -0.1) is 0 Å². The molecule has 0 aliphatic carbocycles. The molecule has 19 heavy (non-hydrogen) atoms. The van der Waals surface area contributed by atoms with Crippen molar-refractivity contribution in [3.63, 3.8) is 0 Å². The molecular weight excluding hydrogens is 238 g/mol. The Labute approximate surface area is 115 Å². The van der Waals surface area contributed by atoms with E-state index in [0.29, 0.717) is 12.2 Å². The maximum atomic E-state index is 11.2. The van der Waals surface area contributed by atoms with Crippen molar-refractivity contribution in [2.45, 2.75) is 26.8 Å². The van der Waals surface area contributed by atoms with Gasteiger partial charge < -0.3 is 4.74 Å². The van der Waals surface area contributed by atoms with Crippen molar-refractivity contribution in [2.75, 3.05) is 19.7 Å². The summed E-state index contributed by atoms with van der Waals surface area (Å²) in [6, 6.07) is 10.4. The van der Waals surface area contributed by atoms with Gasteiger partial charge in [0, 0.05) is 18.7 Å². The average molecular weight is 261 g/mol. The van der Waals surface area contributed by atoms with Gasteiger partial charge >= 0.3 is 5.97 Å². The van der Waals surface area contributed by atoms with Crippen molar-refractivity contribution in [3.05, 3.63) is 48.0 Å². The molecule has 1 aromatic carbocycles. The van der Waals surface area contributed by atoms with Crippen molar-refractivity contribution < 1.29 is 9.53 Å². The zero-order valence-electron chi connectivity index (χ0n) is 11.9. The zero-order chi connectivity index (χ0) is 14.1. The second-order valence-corrected chi connectivity index (χ2v) is 4.62. The van der Waals surface area contributed by atoms with Crippen LogP contribution in [0.2, 0.25) is 0 Å². The Morgan fingerprint density at radius 2 is 2.00 bits per heavy atom. The van der Waals surface area contributed by atoms with Gasteiger partial charge in [0.25, 0.3) is 0 Å². The molecule has 0 aliphatic heterocycles. The SMILES string of the molecule is C=C(C)C(=O)OCCCN(CC)Cc1ccccc1. The van der Waals surface area contributed by atoms with Crippen molar-refractivity contribution in [1.29, 1.82) is 0 Å². The van der Waals surface area contributed by atoms with Gasteiger partial charge in [-0.1, -0.05) is 43.8 Å². The zero-order valence-corrected chi connectivity index (χ0v) is 11.9. The van der Waals surface area contributed by atoms with Crippen molar-refractivity contribution >= 4 is 5.97 Å². The topological polar surface area (TPSA) is 29.5 Å². The van der Waals surface area contributed by atoms with Crippen molar-refractivity contribution in [3.8, 4) is 0 Å². The maximum Gasteiger partial charge on any atom is 0.333 e. The Balaban J connectivity index is 2.26. The van der Waals surface area contributed by atoms with E-state index in [4.69, 9.17) is 4.74 Å². The summed E-state index contributed by atoms with van der Waals surface area (Å²) < 4.78 is 5.08. The summed E-state index contributed by atoms with van der Waals surface area (Å²) >= 11 is 0. The normalized spacial score (nSPS) is 10.5. The molecule has 0 unspecified atom stereocenters. The number of nitrogens with zero attached hydrogens (tertiary/aromatic N) is 1. The highest BCUT2D eigenvalue weighted by Crippen LogP contribution is 2.05. The third-order valence-electron chi connectivity index (χ3n) is 2.90. The van der Waals surface area contributed by atoms with Gasteiger partial charge in [-0.25, -0.2) is 4.79 Å². The third kappa shape index (κ3) is 6.20. The lowest BCUT2D eigenvalue weighted by atomic mass is 10.2. The Bertz CT molecular complexity index is 400. The number of carbonyl (C=O) groups excluding carboxylic acids is 1. The number of esters is 1. The van der Waals surface area contributed by atoms with Gasteiger partial charge in [0.2, 0.25) is 0 Å². The molecule has 0 bridgehead atoms. The molecule has 0 saturated heterocycles. The lowest BCUT2D eigenvalue weighted by Crippen LogP contribution is -2.25. The van der Waals surface area contributed by atoms with E-state index in [0.717, 1.165) is 26.1 Å². The second-order valence-electron chi connectivity index (χ2n) is 4.62. The predicted molar refractivity (Wildman–Crippen MR) is 77.8 cm³/mol. The lowest BCUT2D eigenvalue weighted by molar-refractivity contribution is -0.139. The standard InChI is InChI=1S/C16H23NO2/c1-4-17(13-15-9-6-5-7-10-15)11-8-12-19-16(18)14(2)3/h5-7,9-10H,2,4,8,11-13H2,1,3H3. The van der Waals surface area contributed by atoms with E-state index in [2.05, 4.69) is 42.7 Å². The quantitative estimate of drug-likeness (QED) is 0.409. The highest BCUT2D eigenvalue weighted by atomic mass is 16.5. The van der Waals surface area contributed by atoms with E-state index < -0.39 is 0 Å². The van der Waals surface area contributed by atoms with Crippen molar-refractivity contribution in [2.24, 2.45) is 0 Å². The minimum atomic E-state index is -0.300. The molecule has 0 amide bonds. The number of ether oxygens (including phenoxy) is 1. The summed E-state index contributed by atoms with van der Waals surface area (Å²) in [5.41, 5.74) is 1.76. The predicted octanol–water partition coefficient (Wildman–Crippen LogP) is 3.02. The molecule has 0 N–H and O–H groups in total. The molecule has 0 spiro atoms.